The maximum absolute atomic E-state index is 11.9. The van der Waals surface area contributed by atoms with Crippen LogP contribution < -0.4 is 10.6 Å². The van der Waals surface area contributed by atoms with Gasteiger partial charge >= 0.3 is 0 Å². The van der Waals surface area contributed by atoms with Crippen LogP contribution in [0.1, 0.15) is 12.0 Å². The van der Waals surface area contributed by atoms with E-state index in [0.717, 1.165) is 0 Å². The number of para-hydroxylation sites is 1. The van der Waals surface area contributed by atoms with E-state index in [9.17, 15) is 4.79 Å². The van der Waals surface area contributed by atoms with Crippen molar-refractivity contribution in [2.45, 2.75) is 6.42 Å². The van der Waals surface area contributed by atoms with Crippen LogP contribution in [0.25, 0.3) is 0 Å². The van der Waals surface area contributed by atoms with Gasteiger partial charge in [0.05, 0.1) is 27.0 Å². The van der Waals surface area contributed by atoms with Crippen molar-refractivity contribution in [3.05, 3.63) is 58.1 Å². The molecular weight excluding hydrogens is 321 g/mol. The van der Waals surface area contributed by atoms with Crippen molar-refractivity contribution in [2.75, 3.05) is 17.2 Å². The zero-order chi connectivity index (χ0) is 15.9. The quantitative estimate of drug-likeness (QED) is 0.856. The molecule has 0 aliphatic rings. The summed E-state index contributed by atoms with van der Waals surface area (Å²) in [5.41, 5.74) is 1.62. The number of nitrogens with zero attached hydrogens (tertiary/aromatic N) is 1. The Kier molecular flexibility index (Phi) is 5.65. The van der Waals surface area contributed by atoms with Crippen molar-refractivity contribution in [1.29, 1.82) is 5.26 Å². The molecule has 0 heterocycles. The summed E-state index contributed by atoms with van der Waals surface area (Å²) in [6.07, 6.45) is 0.239. The molecule has 0 unspecified atom stereocenters. The highest BCUT2D eigenvalue weighted by molar-refractivity contribution is 6.43. The minimum absolute atomic E-state index is 0.187. The Morgan fingerprint density at radius 2 is 1.82 bits per heavy atom. The van der Waals surface area contributed by atoms with Gasteiger partial charge in [0.25, 0.3) is 0 Å². The third-order valence-electron chi connectivity index (χ3n) is 2.94. The minimum Gasteiger partial charge on any atom is -0.383 e. The summed E-state index contributed by atoms with van der Waals surface area (Å²) in [5.74, 6) is -0.187. The molecule has 2 N–H and O–H groups in total. The topological polar surface area (TPSA) is 64.9 Å². The van der Waals surface area contributed by atoms with E-state index in [4.69, 9.17) is 28.5 Å². The lowest BCUT2D eigenvalue weighted by Crippen LogP contribution is -2.17. The Morgan fingerprint density at radius 3 is 2.59 bits per heavy atom. The van der Waals surface area contributed by atoms with E-state index in [1.165, 1.54) is 0 Å². The van der Waals surface area contributed by atoms with Gasteiger partial charge in [-0.1, -0.05) is 41.4 Å². The van der Waals surface area contributed by atoms with Gasteiger partial charge in [-0.2, -0.15) is 5.26 Å². The summed E-state index contributed by atoms with van der Waals surface area (Å²) in [5, 5.41) is 15.6. The first-order valence-corrected chi connectivity index (χ1v) is 7.34. The van der Waals surface area contributed by atoms with Crippen LogP contribution in [0.5, 0.6) is 0 Å². The smallest absolute Gasteiger partial charge is 0.226 e. The Bertz CT molecular complexity index is 726. The Labute approximate surface area is 138 Å². The molecule has 0 spiro atoms. The monoisotopic (exact) mass is 333 g/mol. The van der Waals surface area contributed by atoms with E-state index in [1.807, 2.05) is 6.07 Å². The van der Waals surface area contributed by atoms with E-state index < -0.39 is 0 Å². The van der Waals surface area contributed by atoms with Crippen LogP contribution in [0.2, 0.25) is 10.0 Å². The molecule has 22 heavy (non-hydrogen) atoms. The summed E-state index contributed by atoms with van der Waals surface area (Å²) in [6, 6.07) is 14.2. The number of carbonyl (C=O) groups is 1. The lowest BCUT2D eigenvalue weighted by molar-refractivity contribution is -0.115. The number of carbonyl (C=O) groups excluding carboxylic acids is 1. The van der Waals surface area contributed by atoms with E-state index in [1.54, 1.807) is 42.5 Å². The molecule has 0 aromatic heterocycles. The molecule has 0 bridgehead atoms. The molecule has 0 saturated heterocycles. The molecule has 2 aromatic rings. The fraction of sp³-hybridized carbons (Fsp3) is 0.125. The second kappa shape index (κ2) is 7.69. The van der Waals surface area contributed by atoms with Crippen LogP contribution in [-0.4, -0.2) is 12.5 Å². The van der Waals surface area contributed by atoms with Crippen molar-refractivity contribution in [2.24, 2.45) is 0 Å². The highest BCUT2D eigenvalue weighted by Gasteiger charge is 2.07. The average Bonchev–Trinajstić information content (AvgIpc) is 2.52. The van der Waals surface area contributed by atoms with Crippen molar-refractivity contribution < 1.29 is 4.79 Å². The number of nitrogens with one attached hydrogen (secondary N) is 2. The van der Waals surface area contributed by atoms with Crippen molar-refractivity contribution >= 4 is 40.5 Å². The van der Waals surface area contributed by atoms with E-state index >= 15 is 0 Å². The minimum atomic E-state index is -0.187. The standard InChI is InChI=1S/C16H13Cl2N3O/c17-12-5-3-7-14(16(12)18)20-9-8-15(22)21-13-6-2-1-4-11(13)10-19/h1-7,20H,8-9H2,(H,21,22). The van der Waals surface area contributed by atoms with Crippen molar-refractivity contribution in [3.63, 3.8) is 0 Å². The van der Waals surface area contributed by atoms with Crippen LogP contribution in [0.4, 0.5) is 11.4 Å². The molecule has 2 rings (SSSR count). The average molecular weight is 334 g/mol. The maximum Gasteiger partial charge on any atom is 0.226 e. The van der Waals surface area contributed by atoms with E-state index in [-0.39, 0.29) is 12.3 Å². The first-order valence-electron chi connectivity index (χ1n) is 6.58. The number of hydrogen-bond donors (Lipinski definition) is 2. The van der Waals surface area contributed by atoms with Crippen molar-refractivity contribution in [1.82, 2.24) is 0 Å². The van der Waals surface area contributed by atoms with Crippen LogP contribution in [0, 0.1) is 11.3 Å². The van der Waals surface area contributed by atoms with Gasteiger partial charge in [0.15, 0.2) is 0 Å². The lowest BCUT2D eigenvalue weighted by Gasteiger charge is -2.10. The molecule has 6 heteroatoms. The Balaban J connectivity index is 1.88. The van der Waals surface area contributed by atoms with E-state index in [2.05, 4.69) is 10.6 Å². The molecule has 1 amide bonds. The highest BCUT2D eigenvalue weighted by atomic mass is 35.5. The first kappa shape index (κ1) is 16.2. The van der Waals surface area contributed by atoms with Gasteiger partial charge in [0.1, 0.15) is 6.07 Å². The Morgan fingerprint density at radius 1 is 1.09 bits per heavy atom. The summed E-state index contributed by atoms with van der Waals surface area (Å²) >= 11 is 12.0. The van der Waals surface area contributed by atoms with Gasteiger partial charge in [-0.25, -0.2) is 0 Å². The normalized spacial score (nSPS) is 9.86. The van der Waals surface area contributed by atoms with Crippen LogP contribution >= 0.6 is 23.2 Å². The van der Waals surface area contributed by atoms with Gasteiger partial charge in [0.2, 0.25) is 5.91 Å². The summed E-state index contributed by atoms with van der Waals surface area (Å²) in [7, 11) is 0. The number of hydrogen-bond acceptors (Lipinski definition) is 3. The molecule has 0 aliphatic carbocycles. The van der Waals surface area contributed by atoms with Gasteiger partial charge in [-0.3, -0.25) is 4.79 Å². The number of halogens is 2. The highest BCUT2D eigenvalue weighted by Crippen LogP contribution is 2.29. The largest absolute Gasteiger partial charge is 0.383 e. The molecule has 0 radical (unpaired) electrons. The maximum atomic E-state index is 11.9. The van der Waals surface area contributed by atoms with Gasteiger partial charge in [-0.05, 0) is 24.3 Å². The molecule has 0 saturated carbocycles. The number of anilines is 2. The summed E-state index contributed by atoms with van der Waals surface area (Å²) in [4.78, 5) is 11.9. The molecule has 0 fully saturated rings. The summed E-state index contributed by atoms with van der Waals surface area (Å²) < 4.78 is 0. The predicted octanol–water partition coefficient (Wildman–Crippen LogP) is 4.31. The molecule has 4 nitrogen and oxygen atoms in total. The zero-order valence-electron chi connectivity index (χ0n) is 11.6. The predicted molar refractivity (Wildman–Crippen MR) is 89.4 cm³/mol. The van der Waals surface area contributed by atoms with Crippen LogP contribution in [-0.2, 0) is 4.79 Å². The summed E-state index contributed by atoms with van der Waals surface area (Å²) in [6.45, 7) is 0.403. The lowest BCUT2D eigenvalue weighted by atomic mass is 10.2. The SMILES string of the molecule is N#Cc1ccccc1NC(=O)CCNc1cccc(Cl)c1Cl. The molecule has 0 atom stereocenters. The second-order valence-corrected chi connectivity index (χ2v) is 5.27. The molecule has 2 aromatic carbocycles. The third kappa shape index (κ3) is 4.14. The molecule has 0 aliphatic heterocycles. The van der Waals surface area contributed by atoms with Gasteiger partial charge in [-0.15, -0.1) is 0 Å². The number of nitriles is 1. The Hall–Kier alpha value is -2.22. The fourth-order valence-electron chi connectivity index (χ4n) is 1.85. The molecular formula is C16H13Cl2N3O. The van der Waals surface area contributed by atoms with Crippen LogP contribution in [0.3, 0.4) is 0 Å². The fourth-order valence-corrected chi connectivity index (χ4v) is 2.22. The number of rotatable bonds is 5. The van der Waals surface area contributed by atoms with Gasteiger partial charge < -0.3 is 10.6 Å². The van der Waals surface area contributed by atoms with Crippen LogP contribution in [0.15, 0.2) is 42.5 Å². The van der Waals surface area contributed by atoms with Gasteiger partial charge in [0, 0.05) is 13.0 Å². The third-order valence-corrected chi connectivity index (χ3v) is 3.76. The molecule has 112 valence electrons. The second-order valence-electron chi connectivity index (χ2n) is 4.48. The first-order chi connectivity index (χ1) is 10.6. The van der Waals surface area contributed by atoms with Crippen molar-refractivity contribution in [3.8, 4) is 6.07 Å². The zero-order valence-corrected chi connectivity index (χ0v) is 13.1. The number of benzene rings is 2. The number of amides is 1. The van der Waals surface area contributed by atoms with E-state index in [0.29, 0.717) is 33.5 Å².